The predicted octanol–water partition coefficient (Wildman–Crippen LogP) is 2.79. The van der Waals surface area contributed by atoms with Crippen LogP contribution >= 0.6 is 11.3 Å². The number of rotatable bonds is 6. The quantitative estimate of drug-likeness (QED) is 0.327. The summed E-state index contributed by atoms with van der Waals surface area (Å²) in [5.74, 6) is -2.08. The zero-order valence-corrected chi connectivity index (χ0v) is 18.1. The van der Waals surface area contributed by atoms with Gasteiger partial charge in [-0.3, -0.25) is 19.3 Å². The van der Waals surface area contributed by atoms with Crippen molar-refractivity contribution in [2.75, 3.05) is 13.2 Å². The molecule has 32 heavy (non-hydrogen) atoms. The van der Waals surface area contributed by atoms with Crippen LogP contribution in [0.15, 0.2) is 60.1 Å². The number of carbonyl (C=O) groups excluding carboxylic acids is 4. The number of esters is 1. The van der Waals surface area contributed by atoms with E-state index in [-0.39, 0.29) is 17.7 Å². The smallest absolute Gasteiger partial charge is 0.338 e. The van der Waals surface area contributed by atoms with Crippen molar-refractivity contribution < 1.29 is 23.9 Å². The van der Waals surface area contributed by atoms with E-state index in [1.165, 1.54) is 11.3 Å². The van der Waals surface area contributed by atoms with Crippen molar-refractivity contribution >= 4 is 45.2 Å². The number of carbonyl (C=O) groups is 4. The van der Waals surface area contributed by atoms with Gasteiger partial charge in [0.2, 0.25) is 0 Å². The van der Waals surface area contributed by atoms with Crippen molar-refractivity contribution in [1.29, 1.82) is 0 Å². The van der Waals surface area contributed by atoms with Crippen molar-refractivity contribution in [3.05, 3.63) is 76.6 Å². The number of benzene rings is 2. The Bertz CT molecular complexity index is 1320. The molecule has 8 nitrogen and oxygen atoms in total. The highest BCUT2D eigenvalue weighted by molar-refractivity contribution is 7.16. The number of imide groups is 1. The summed E-state index contributed by atoms with van der Waals surface area (Å²) in [7, 11) is 0. The van der Waals surface area contributed by atoms with E-state index in [1.807, 2.05) is 0 Å². The second kappa shape index (κ2) is 8.72. The second-order valence-electron chi connectivity index (χ2n) is 6.93. The summed E-state index contributed by atoms with van der Waals surface area (Å²) in [4.78, 5) is 55.2. The molecule has 162 valence electrons. The third kappa shape index (κ3) is 3.78. The molecule has 4 rings (SSSR count). The van der Waals surface area contributed by atoms with Gasteiger partial charge in [0.15, 0.2) is 4.80 Å². The third-order valence-corrected chi connectivity index (χ3v) is 5.94. The first-order valence-electron chi connectivity index (χ1n) is 9.88. The van der Waals surface area contributed by atoms with Crippen molar-refractivity contribution in [3.8, 4) is 0 Å². The monoisotopic (exact) mass is 449 g/mol. The molecule has 0 unspecified atom stereocenters. The molecule has 0 aliphatic carbocycles. The van der Waals surface area contributed by atoms with Crippen LogP contribution in [-0.4, -0.2) is 46.3 Å². The standard InChI is InChI=1S/C23H19N3O5S/c1-3-11-25-17-10-9-14(22(30)31-4-2)12-18(17)32-23(25)24-19(27)13-26-20(28)15-7-5-6-8-16(15)21(26)29/h3,5-10,12H,1,4,11,13H2,2H3. The van der Waals surface area contributed by atoms with Crippen molar-refractivity contribution in [2.24, 2.45) is 4.99 Å². The summed E-state index contributed by atoms with van der Waals surface area (Å²) in [5, 5.41) is 0. The third-order valence-electron chi connectivity index (χ3n) is 4.90. The Hall–Kier alpha value is -3.85. The largest absolute Gasteiger partial charge is 0.462 e. The van der Waals surface area contributed by atoms with Crippen molar-refractivity contribution in [2.45, 2.75) is 13.5 Å². The van der Waals surface area contributed by atoms with Gasteiger partial charge in [-0.15, -0.1) is 6.58 Å². The molecule has 0 radical (unpaired) electrons. The van der Waals surface area contributed by atoms with Gasteiger partial charge in [0.05, 0.1) is 33.5 Å². The van der Waals surface area contributed by atoms with E-state index >= 15 is 0 Å². The summed E-state index contributed by atoms with van der Waals surface area (Å²) >= 11 is 1.22. The fraction of sp³-hybridized carbons (Fsp3) is 0.174. The summed E-state index contributed by atoms with van der Waals surface area (Å²) in [5.41, 5.74) is 1.73. The van der Waals surface area contributed by atoms with E-state index in [0.29, 0.717) is 16.9 Å². The maximum absolute atomic E-state index is 12.7. The summed E-state index contributed by atoms with van der Waals surface area (Å²) in [6.07, 6.45) is 1.67. The molecule has 0 spiro atoms. The van der Waals surface area contributed by atoms with Gasteiger partial charge in [0.1, 0.15) is 6.54 Å². The van der Waals surface area contributed by atoms with E-state index in [9.17, 15) is 19.2 Å². The SMILES string of the molecule is C=CCn1c(=NC(=O)CN2C(=O)c3ccccc3C2=O)sc2cc(C(=O)OCC)ccc21. The molecule has 0 N–H and O–H groups in total. The van der Waals surface area contributed by atoms with Crippen molar-refractivity contribution in [3.63, 3.8) is 0 Å². The number of fused-ring (bicyclic) bond motifs is 2. The molecule has 0 bridgehead atoms. The van der Waals surface area contributed by atoms with Crippen LogP contribution in [0.25, 0.3) is 10.2 Å². The highest BCUT2D eigenvalue weighted by Crippen LogP contribution is 2.23. The van der Waals surface area contributed by atoms with Crippen LogP contribution in [-0.2, 0) is 16.1 Å². The minimum Gasteiger partial charge on any atom is -0.462 e. The minimum absolute atomic E-state index is 0.269. The van der Waals surface area contributed by atoms with Crippen LogP contribution in [0.4, 0.5) is 0 Å². The molecule has 3 amide bonds. The zero-order valence-electron chi connectivity index (χ0n) is 17.2. The Labute approximate surface area is 187 Å². The second-order valence-corrected chi connectivity index (χ2v) is 7.94. The van der Waals surface area contributed by atoms with Gasteiger partial charge in [-0.1, -0.05) is 29.5 Å². The highest BCUT2D eigenvalue weighted by atomic mass is 32.1. The lowest BCUT2D eigenvalue weighted by Crippen LogP contribution is -2.35. The molecule has 1 aliphatic rings. The number of hydrogen-bond donors (Lipinski definition) is 0. The van der Waals surface area contributed by atoms with Crippen molar-refractivity contribution in [1.82, 2.24) is 9.47 Å². The van der Waals surface area contributed by atoms with Gasteiger partial charge in [-0.05, 0) is 37.3 Å². The van der Waals surface area contributed by atoms with E-state index in [4.69, 9.17) is 4.74 Å². The first-order chi connectivity index (χ1) is 15.4. The van der Waals surface area contributed by atoms with E-state index in [1.54, 1.807) is 60.0 Å². The van der Waals surface area contributed by atoms with Crippen LogP contribution in [0.3, 0.4) is 0 Å². The Morgan fingerprint density at radius 2 is 1.81 bits per heavy atom. The van der Waals surface area contributed by atoms with Gasteiger partial charge in [-0.25, -0.2) is 4.79 Å². The van der Waals surface area contributed by atoms with Crippen LogP contribution in [0.1, 0.15) is 38.0 Å². The molecule has 2 aromatic carbocycles. The maximum Gasteiger partial charge on any atom is 0.338 e. The fourth-order valence-corrected chi connectivity index (χ4v) is 4.56. The summed E-state index contributed by atoms with van der Waals surface area (Å²) in [6, 6.07) is 11.5. The Kier molecular flexibility index (Phi) is 5.83. The normalized spacial score (nSPS) is 13.5. The zero-order chi connectivity index (χ0) is 22.8. The topological polar surface area (TPSA) is 98.0 Å². The summed E-state index contributed by atoms with van der Waals surface area (Å²) in [6.45, 7) is 5.68. The number of allylic oxidation sites excluding steroid dienone is 1. The lowest BCUT2D eigenvalue weighted by Gasteiger charge is -2.10. The van der Waals surface area contributed by atoms with E-state index in [2.05, 4.69) is 11.6 Å². The van der Waals surface area contributed by atoms with Crippen LogP contribution in [0.5, 0.6) is 0 Å². The molecule has 9 heteroatoms. The number of thiazole rings is 1. The molecule has 2 heterocycles. The Morgan fingerprint density at radius 1 is 1.12 bits per heavy atom. The van der Waals surface area contributed by atoms with Gasteiger partial charge in [0.25, 0.3) is 17.7 Å². The van der Waals surface area contributed by atoms with Crippen LogP contribution < -0.4 is 4.80 Å². The predicted molar refractivity (Wildman–Crippen MR) is 118 cm³/mol. The molecule has 0 saturated heterocycles. The first kappa shape index (κ1) is 21.4. The molecular weight excluding hydrogens is 430 g/mol. The average Bonchev–Trinajstić information content (AvgIpc) is 3.24. The lowest BCUT2D eigenvalue weighted by atomic mass is 10.1. The van der Waals surface area contributed by atoms with E-state index < -0.39 is 30.2 Å². The van der Waals surface area contributed by atoms with Gasteiger partial charge < -0.3 is 9.30 Å². The average molecular weight is 449 g/mol. The molecular formula is C23H19N3O5S. The molecule has 0 fully saturated rings. The molecule has 0 saturated carbocycles. The molecule has 1 aromatic heterocycles. The summed E-state index contributed by atoms with van der Waals surface area (Å²) < 4.78 is 7.56. The maximum atomic E-state index is 12.7. The first-order valence-corrected chi connectivity index (χ1v) is 10.7. The van der Waals surface area contributed by atoms with Crippen LogP contribution in [0, 0.1) is 0 Å². The van der Waals surface area contributed by atoms with E-state index in [0.717, 1.165) is 15.1 Å². The number of ether oxygens (including phenoxy) is 1. The number of hydrogen-bond acceptors (Lipinski definition) is 6. The van der Waals surface area contributed by atoms with Gasteiger partial charge >= 0.3 is 5.97 Å². The van der Waals surface area contributed by atoms with Gasteiger partial charge in [0, 0.05) is 6.54 Å². The number of amides is 3. The number of aromatic nitrogens is 1. The lowest BCUT2D eigenvalue weighted by molar-refractivity contribution is -0.118. The van der Waals surface area contributed by atoms with Crippen LogP contribution in [0.2, 0.25) is 0 Å². The van der Waals surface area contributed by atoms with Gasteiger partial charge in [-0.2, -0.15) is 4.99 Å². The molecule has 3 aromatic rings. The Balaban J connectivity index is 1.67. The highest BCUT2D eigenvalue weighted by Gasteiger charge is 2.36. The number of nitrogens with zero attached hydrogens (tertiary/aromatic N) is 3. The fourth-order valence-electron chi connectivity index (χ4n) is 3.47. The molecule has 1 aliphatic heterocycles. The Morgan fingerprint density at radius 3 is 2.44 bits per heavy atom. The minimum atomic E-state index is -0.630. The molecule has 0 atom stereocenters.